The summed E-state index contributed by atoms with van der Waals surface area (Å²) >= 11 is 13.1. The summed E-state index contributed by atoms with van der Waals surface area (Å²) in [6.45, 7) is 11.6. The number of halogens is 2. The molecular formula is C22H37Cl2NOSi. The minimum absolute atomic E-state index is 0.00514. The molecule has 1 aliphatic rings. The summed E-state index contributed by atoms with van der Waals surface area (Å²) in [6, 6.07) is 3.40. The van der Waals surface area contributed by atoms with E-state index in [-0.39, 0.29) is 6.10 Å². The van der Waals surface area contributed by atoms with Crippen molar-refractivity contribution in [2.45, 2.75) is 97.4 Å². The molecule has 1 atom stereocenters. The smallest absolute Gasteiger partial charge is 0.192 e. The molecule has 2 nitrogen and oxygen atoms in total. The highest BCUT2D eigenvalue weighted by Crippen LogP contribution is 2.43. The lowest BCUT2D eigenvalue weighted by Crippen LogP contribution is -2.37. The molecule has 5 heteroatoms. The predicted octanol–water partition coefficient (Wildman–Crippen LogP) is 8.45. The second kappa shape index (κ2) is 10.1. The van der Waals surface area contributed by atoms with Gasteiger partial charge in [0.25, 0.3) is 0 Å². The zero-order chi connectivity index (χ0) is 20.1. The Morgan fingerprint density at radius 1 is 1.07 bits per heavy atom. The molecule has 1 aliphatic carbocycles. The minimum Gasteiger partial charge on any atom is -0.410 e. The molecule has 0 saturated heterocycles. The van der Waals surface area contributed by atoms with Crippen LogP contribution in [0.25, 0.3) is 0 Å². The molecule has 1 unspecified atom stereocenters. The van der Waals surface area contributed by atoms with E-state index in [1.54, 1.807) is 12.4 Å². The topological polar surface area (TPSA) is 22.1 Å². The van der Waals surface area contributed by atoms with Gasteiger partial charge in [-0.1, -0.05) is 57.8 Å². The van der Waals surface area contributed by atoms with E-state index < -0.39 is 8.32 Å². The minimum atomic E-state index is -1.76. The Bertz CT molecular complexity index is 565. The molecule has 27 heavy (non-hydrogen) atoms. The summed E-state index contributed by atoms with van der Waals surface area (Å²) < 4.78 is 6.91. The van der Waals surface area contributed by atoms with Crippen LogP contribution in [0.2, 0.25) is 28.2 Å². The van der Waals surface area contributed by atoms with Crippen LogP contribution in [0.1, 0.15) is 84.8 Å². The Morgan fingerprint density at radius 3 is 2.07 bits per heavy atom. The first-order valence-corrected chi connectivity index (χ1v) is 14.0. The SMILES string of the molecule is CC[Si](CC)(CC)OC(CCC1CCC(C)(C)CC1)c1c(Cl)cncc1Cl. The summed E-state index contributed by atoms with van der Waals surface area (Å²) in [5.41, 5.74) is 1.47. The standard InChI is InChI=1S/C22H37Cl2NOSi/c1-6-27(7-2,8-3)26-20(21-18(23)15-25-16-19(21)24)10-9-17-11-13-22(4,5)14-12-17/h15-17,20H,6-14H2,1-5H3. The van der Waals surface area contributed by atoms with Gasteiger partial charge in [0, 0.05) is 18.0 Å². The van der Waals surface area contributed by atoms with Crippen molar-refractivity contribution < 1.29 is 4.43 Å². The van der Waals surface area contributed by atoms with E-state index in [9.17, 15) is 0 Å². The second-order valence-electron chi connectivity index (χ2n) is 9.05. The zero-order valence-electron chi connectivity index (χ0n) is 17.8. The third kappa shape index (κ3) is 6.19. The maximum atomic E-state index is 6.91. The molecule has 2 rings (SSSR count). The third-order valence-electron chi connectivity index (χ3n) is 6.83. The molecule has 1 saturated carbocycles. The van der Waals surface area contributed by atoms with Crippen molar-refractivity contribution in [3.8, 4) is 0 Å². The Kier molecular flexibility index (Phi) is 8.67. The van der Waals surface area contributed by atoms with E-state index in [2.05, 4.69) is 39.6 Å². The quantitative estimate of drug-likeness (QED) is 0.367. The van der Waals surface area contributed by atoms with Gasteiger partial charge in [0.05, 0.1) is 16.1 Å². The van der Waals surface area contributed by atoms with Gasteiger partial charge in [-0.05, 0) is 68.0 Å². The van der Waals surface area contributed by atoms with E-state index in [4.69, 9.17) is 27.6 Å². The summed E-state index contributed by atoms with van der Waals surface area (Å²) in [6.07, 6.45) is 10.9. The molecular weight excluding hydrogens is 393 g/mol. The molecule has 0 aliphatic heterocycles. The lowest BCUT2D eigenvalue weighted by molar-refractivity contribution is 0.142. The van der Waals surface area contributed by atoms with Crippen LogP contribution in [0.4, 0.5) is 0 Å². The van der Waals surface area contributed by atoms with Crippen molar-refractivity contribution in [2.75, 3.05) is 0 Å². The zero-order valence-corrected chi connectivity index (χ0v) is 20.3. The molecule has 1 heterocycles. The Morgan fingerprint density at radius 2 is 1.59 bits per heavy atom. The Labute approximate surface area is 177 Å². The second-order valence-corrected chi connectivity index (χ2v) is 14.6. The van der Waals surface area contributed by atoms with Crippen molar-refractivity contribution >= 4 is 31.5 Å². The van der Waals surface area contributed by atoms with Gasteiger partial charge in [-0.2, -0.15) is 0 Å². The van der Waals surface area contributed by atoms with Gasteiger partial charge >= 0.3 is 0 Å². The molecule has 0 bridgehead atoms. The molecule has 0 amide bonds. The van der Waals surface area contributed by atoms with Gasteiger partial charge in [0.1, 0.15) is 0 Å². The van der Waals surface area contributed by atoms with E-state index in [0.717, 1.165) is 36.0 Å². The number of hydrogen-bond donors (Lipinski definition) is 0. The molecule has 1 aromatic rings. The van der Waals surface area contributed by atoms with Crippen LogP contribution in [-0.2, 0) is 4.43 Å². The van der Waals surface area contributed by atoms with E-state index in [0.29, 0.717) is 15.5 Å². The monoisotopic (exact) mass is 429 g/mol. The fraction of sp³-hybridized carbons (Fsp3) is 0.773. The number of pyridine rings is 1. The average molecular weight is 431 g/mol. The average Bonchev–Trinajstić information content (AvgIpc) is 2.64. The van der Waals surface area contributed by atoms with Crippen LogP contribution in [0.15, 0.2) is 12.4 Å². The van der Waals surface area contributed by atoms with E-state index in [1.165, 1.54) is 32.1 Å². The molecule has 1 fully saturated rings. The highest BCUT2D eigenvalue weighted by atomic mass is 35.5. The van der Waals surface area contributed by atoms with Gasteiger partial charge in [-0.3, -0.25) is 4.98 Å². The van der Waals surface area contributed by atoms with Crippen LogP contribution < -0.4 is 0 Å². The number of hydrogen-bond acceptors (Lipinski definition) is 2. The van der Waals surface area contributed by atoms with Crippen molar-refractivity contribution in [1.29, 1.82) is 0 Å². The molecule has 0 aromatic carbocycles. The number of rotatable bonds is 9. The maximum Gasteiger partial charge on any atom is 0.192 e. The molecule has 0 radical (unpaired) electrons. The first-order chi connectivity index (χ1) is 12.8. The fourth-order valence-corrected chi connectivity index (χ4v) is 7.87. The van der Waals surface area contributed by atoms with Crippen LogP contribution in [-0.4, -0.2) is 13.3 Å². The summed E-state index contributed by atoms with van der Waals surface area (Å²) in [5.74, 6) is 0.796. The van der Waals surface area contributed by atoms with Gasteiger partial charge < -0.3 is 4.43 Å². The van der Waals surface area contributed by atoms with Crippen LogP contribution in [0.3, 0.4) is 0 Å². The van der Waals surface area contributed by atoms with Crippen LogP contribution >= 0.6 is 23.2 Å². The fourth-order valence-electron chi connectivity index (χ4n) is 4.43. The normalized spacial score (nSPS) is 19.2. The Balaban J connectivity index is 2.17. The van der Waals surface area contributed by atoms with Crippen molar-refractivity contribution in [2.24, 2.45) is 11.3 Å². The molecule has 154 valence electrons. The van der Waals surface area contributed by atoms with Gasteiger partial charge in [0.15, 0.2) is 8.32 Å². The number of aromatic nitrogens is 1. The lowest BCUT2D eigenvalue weighted by atomic mass is 9.72. The summed E-state index contributed by atoms with van der Waals surface area (Å²) in [5, 5.41) is 1.28. The molecule has 0 N–H and O–H groups in total. The van der Waals surface area contributed by atoms with Crippen molar-refractivity contribution in [3.05, 3.63) is 28.0 Å². The third-order valence-corrected chi connectivity index (χ3v) is 12.1. The molecule has 0 spiro atoms. The summed E-state index contributed by atoms with van der Waals surface area (Å²) in [4.78, 5) is 4.14. The lowest BCUT2D eigenvalue weighted by Gasteiger charge is -2.37. The van der Waals surface area contributed by atoms with Crippen molar-refractivity contribution in [3.63, 3.8) is 0 Å². The van der Waals surface area contributed by atoms with Crippen LogP contribution in [0, 0.1) is 11.3 Å². The van der Waals surface area contributed by atoms with E-state index in [1.807, 2.05) is 0 Å². The first kappa shape index (κ1) is 23.2. The highest BCUT2D eigenvalue weighted by molar-refractivity contribution is 6.73. The van der Waals surface area contributed by atoms with Gasteiger partial charge in [-0.15, -0.1) is 0 Å². The van der Waals surface area contributed by atoms with Gasteiger partial charge in [0.2, 0.25) is 0 Å². The van der Waals surface area contributed by atoms with Crippen molar-refractivity contribution in [1.82, 2.24) is 4.98 Å². The van der Waals surface area contributed by atoms with Gasteiger partial charge in [-0.25, -0.2) is 0 Å². The molecule has 1 aromatic heterocycles. The largest absolute Gasteiger partial charge is 0.410 e. The maximum absolute atomic E-state index is 6.91. The first-order valence-electron chi connectivity index (χ1n) is 10.7. The Hall–Kier alpha value is -0.0931. The van der Waals surface area contributed by atoms with Crippen LogP contribution in [0.5, 0.6) is 0 Å². The van der Waals surface area contributed by atoms with E-state index >= 15 is 0 Å². The highest BCUT2D eigenvalue weighted by Gasteiger charge is 2.35. The number of nitrogens with zero attached hydrogens (tertiary/aromatic N) is 1. The predicted molar refractivity (Wildman–Crippen MR) is 120 cm³/mol. The summed E-state index contributed by atoms with van der Waals surface area (Å²) in [7, 11) is -1.76.